The Labute approximate surface area is 87.7 Å². The summed E-state index contributed by atoms with van der Waals surface area (Å²) in [6.45, 7) is 3.80. The quantitative estimate of drug-likeness (QED) is 0.734. The molecule has 0 unspecified atom stereocenters. The van der Waals surface area contributed by atoms with Gasteiger partial charge >= 0.3 is 0 Å². The maximum atomic E-state index is 12.7. The average Bonchev–Trinajstić information content (AvgIpc) is 2.15. The van der Waals surface area contributed by atoms with Gasteiger partial charge in [0.15, 0.2) is 0 Å². The first kappa shape index (κ1) is 11.4. The molecule has 0 saturated heterocycles. The highest BCUT2D eigenvalue weighted by molar-refractivity contribution is 5.80. The Morgan fingerprint density at radius 2 is 2.33 bits per heavy atom. The molecular formula is C10H14FN3O. The van der Waals surface area contributed by atoms with Gasteiger partial charge in [-0.2, -0.15) is 4.39 Å². The molecule has 1 aromatic heterocycles. The number of hydrogen-bond donors (Lipinski definition) is 2. The van der Waals surface area contributed by atoms with Gasteiger partial charge in [0.25, 0.3) is 0 Å². The third-order valence-electron chi connectivity index (χ3n) is 2.13. The Morgan fingerprint density at radius 3 is 2.87 bits per heavy atom. The zero-order valence-corrected chi connectivity index (χ0v) is 8.75. The fourth-order valence-corrected chi connectivity index (χ4v) is 0.923. The van der Waals surface area contributed by atoms with Gasteiger partial charge in [-0.1, -0.05) is 0 Å². The molecule has 0 bridgehead atoms. The second-order valence-electron chi connectivity index (χ2n) is 3.97. The first-order valence-electron chi connectivity index (χ1n) is 4.57. The highest BCUT2D eigenvalue weighted by Gasteiger charge is 2.24. The molecule has 1 heterocycles. The van der Waals surface area contributed by atoms with Crippen molar-refractivity contribution in [1.82, 2.24) is 4.98 Å². The van der Waals surface area contributed by atoms with E-state index in [1.165, 1.54) is 12.3 Å². The van der Waals surface area contributed by atoms with Crippen LogP contribution < -0.4 is 11.1 Å². The molecule has 1 rings (SSSR count). The van der Waals surface area contributed by atoms with Gasteiger partial charge in [0, 0.05) is 24.5 Å². The Balaban J connectivity index is 2.61. The van der Waals surface area contributed by atoms with Crippen molar-refractivity contribution >= 4 is 11.6 Å². The van der Waals surface area contributed by atoms with Gasteiger partial charge in [-0.05, 0) is 19.9 Å². The molecule has 0 aliphatic rings. The summed E-state index contributed by atoms with van der Waals surface area (Å²) in [5.74, 6) is -0.957. The van der Waals surface area contributed by atoms with E-state index in [4.69, 9.17) is 5.73 Å². The van der Waals surface area contributed by atoms with E-state index in [9.17, 15) is 9.18 Å². The van der Waals surface area contributed by atoms with Gasteiger partial charge < -0.3 is 11.1 Å². The van der Waals surface area contributed by atoms with Gasteiger partial charge in [-0.25, -0.2) is 4.98 Å². The van der Waals surface area contributed by atoms with Crippen molar-refractivity contribution in [2.24, 2.45) is 11.1 Å². The fraction of sp³-hybridized carbons (Fsp3) is 0.400. The molecule has 3 N–H and O–H groups in total. The number of carbonyl (C=O) groups excluding carboxylic acids is 1. The van der Waals surface area contributed by atoms with Crippen LogP contribution in [0.4, 0.5) is 10.1 Å². The lowest BCUT2D eigenvalue weighted by atomic mass is 9.93. The molecule has 5 heteroatoms. The molecule has 0 aliphatic heterocycles. The van der Waals surface area contributed by atoms with Crippen LogP contribution in [0.3, 0.4) is 0 Å². The topological polar surface area (TPSA) is 68.0 Å². The molecule has 82 valence electrons. The number of amides is 1. The standard InChI is InChI=1S/C10H14FN3O/c1-10(2,9(12)15)6-14-7-3-4-13-8(11)5-7/h3-5H,6H2,1-2H3,(H2,12,15)(H,13,14). The Kier molecular flexibility index (Phi) is 3.24. The third-order valence-corrected chi connectivity index (χ3v) is 2.13. The van der Waals surface area contributed by atoms with Crippen LogP contribution in [0, 0.1) is 11.4 Å². The van der Waals surface area contributed by atoms with Crippen LogP contribution in [-0.4, -0.2) is 17.4 Å². The number of nitrogens with two attached hydrogens (primary N) is 1. The van der Waals surface area contributed by atoms with Gasteiger partial charge in [-0.3, -0.25) is 4.79 Å². The molecule has 0 spiro atoms. The highest BCUT2D eigenvalue weighted by atomic mass is 19.1. The third kappa shape index (κ3) is 3.19. The molecule has 0 aromatic carbocycles. The number of carbonyl (C=O) groups is 1. The van der Waals surface area contributed by atoms with Gasteiger partial charge in [0.2, 0.25) is 11.9 Å². The zero-order valence-electron chi connectivity index (χ0n) is 8.75. The molecule has 4 nitrogen and oxygen atoms in total. The van der Waals surface area contributed by atoms with Gasteiger partial charge in [-0.15, -0.1) is 0 Å². The van der Waals surface area contributed by atoms with E-state index >= 15 is 0 Å². The van der Waals surface area contributed by atoms with Crippen molar-refractivity contribution in [3.05, 3.63) is 24.3 Å². The van der Waals surface area contributed by atoms with Crippen molar-refractivity contribution in [2.75, 3.05) is 11.9 Å². The lowest BCUT2D eigenvalue weighted by molar-refractivity contribution is -0.125. The second kappa shape index (κ2) is 4.25. The average molecular weight is 211 g/mol. The molecule has 0 atom stereocenters. The van der Waals surface area contributed by atoms with Crippen LogP contribution in [0.1, 0.15) is 13.8 Å². The zero-order chi connectivity index (χ0) is 11.5. The maximum Gasteiger partial charge on any atom is 0.224 e. The summed E-state index contributed by atoms with van der Waals surface area (Å²) >= 11 is 0. The van der Waals surface area contributed by atoms with Crippen LogP contribution >= 0.6 is 0 Å². The van der Waals surface area contributed by atoms with E-state index in [-0.39, 0.29) is 0 Å². The summed E-state index contributed by atoms with van der Waals surface area (Å²) < 4.78 is 12.7. The van der Waals surface area contributed by atoms with Crippen molar-refractivity contribution in [1.29, 1.82) is 0 Å². The van der Waals surface area contributed by atoms with Crippen molar-refractivity contribution in [3.63, 3.8) is 0 Å². The second-order valence-corrected chi connectivity index (χ2v) is 3.97. The summed E-state index contributed by atoms with van der Waals surface area (Å²) in [6, 6.07) is 2.89. The number of anilines is 1. The number of primary amides is 1. The highest BCUT2D eigenvalue weighted by Crippen LogP contribution is 2.16. The normalized spacial score (nSPS) is 11.1. The molecule has 1 aromatic rings. The smallest absolute Gasteiger partial charge is 0.224 e. The van der Waals surface area contributed by atoms with E-state index in [0.29, 0.717) is 12.2 Å². The summed E-state index contributed by atoms with van der Waals surface area (Å²) in [5.41, 5.74) is 5.11. The van der Waals surface area contributed by atoms with E-state index < -0.39 is 17.3 Å². The number of pyridine rings is 1. The lowest BCUT2D eigenvalue weighted by Crippen LogP contribution is -2.37. The van der Waals surface area contributed by atoms with Crippen LogP contribution in [0.5, 0.6) is 0 Å². The Morgan fingerprint density at radius 1 is 1.67 bits per heavy atom. The first-order chi connectivity index (χ1) is 6.92. The van der Waals surface area contributed by atoms with E-state index in [1.807, 2.05) is 0 Å². The molecular weight excluding hydrogens is 197 g/mol. The van der Waals surface area contributed by atoms with Crippen molar-refractivity contribution in [2.45, 2.75) is 13.8 Å². The van der Waals surface area contributed by atoms with Crippen molar-refractivity contribution in [3.8, 4) is 0 Å². The number of rotatable bonds is 4. The number of nitrogens with zero attached hydrogens (tertiary/aromatic N) is 1. The predicted octanol–water partition coefficient (Wildman–Crippen LogP) is 1.14. The predicted molar refractivity (Wildman–Crippen MR) is 55.7 cm³/mol. The Hall–Kier alpha value is -1.65. The summed E-state index contributed by atoms with van der Waals surface area (Å²) in [7, 11) is 0. The number of hydrogen-bond acceptors (Lipinski definition) is 3. The molecule has 0 radical (unpaired) electrons. The molecule has 15 heavy (non-hydrogen) atoms. The summed E-state index contributed by atoms with van der Waals surface area (Å²) in [5, 5.41) is 2.93. The van der Waals surface area contributed by atoms with Crippen LogP contribution in [0.2, 0.25) is 0 Å². The summed E-state index contributed by atoms with van der Waals surface area (Å²) in [6.07, 6.45) is 1.36. The van der Waals surface area contributed by atoms with Gasteiger partial charge in [0.05, 0.1) is 5.41 Å². The fourth-order valence-electron chi connectivity index (χ4n) is 0.923. The van der Waals surface area contributed by atoms with Gasteiger partial charge in [0.1, 0.15) is 0 Å². The minimum atomic E-state index is -0.667. The molecule has 0 aliphatic carbocycles. The van der Waals surface area contributed by atoms with Crippen LogP contribution in [-0.2, 0) is 4.79 Å². The minimum absolute atomic E-state index is 0.353. The van der Waals surface area contributed by atoms with Crippen molar-refractivity contribution < 1.29 is 9.18 Å². The monoisotopic (exact) mass is 211 g/mol. The molecule has 0 saturated carbocycles. The minimum Gasteiger partial charge on any atom is -0.384 e. The van der Waals surface area contributed by atoms with E-state index in [2.05, 4.69) is 10.3 Å². The first-order valence-corrected chi connectivity index (χ1v) is 4.57. The molecule has 1 amide bonds. The number of halogens is 1. The lowest BCUT2D eigenvalue weighted by Gasteiger charge is -2.21. The number of aromatic nitrogens is 1. The summed E-state index contributed by atoms with van der Waals surface area (Å²) in [4.78, 5) is 14.4. The van der Waals surface area contributed by atoms with E-state index in [0.717, 1.165) is 0 Å². The number of nitrogens with one attached hydrogen (secondary N) is 1. The molecule has 0 fully saturated rings. The maximum absolute atomic E-state index is 12.7. The van der Waals surface area contributed by atoms with Crippen LogP contribution in [0.25, 0.3) is 0 Å². The van der Waals surface area contributed by atoms with Crippen LogP contribution in [0.15, 0.2) is 18.3 Å². The largest absolute Gasteiger partial charge is 0.384 e. The Bertz CT molecular complexity index is 365. The SMILES string of the molecule is CC(C)(CNc1ccnc(F)c1)C(N)=O. The van der Waals surface area contributed by atoms with E-state index in [1.54, 1.807) is 19.9 Å².